The predicted molar refractivity (Wildman–Crippen MR) is 63.4 cm³/mol. The normalized spacial score (nSPS) is 10.4. The highest BCUT2D eigenvalue weighted by atomic mass is 32.1. The summed E-state index contributed by atoms with van der Waals surface area (Å²) < 4.78 is 18.7. The second kappa shape index (κ2) is 4.61. The van der Waals surface area contributed by atoms with Crippen LogP contribution >= 0.6 is 11.3 Å². The van der Waals surface area contributed by atoms with Crippen molar-refractivity contribution in [3.05, 3.63) is 34.4 Å². The van der Waals surface area contributed by atoms with Gasteiger partial charge >= 0.3 is 0 Å². The van der Waals surface area contributed by atoms with E-state index in [0.29, 0.717) is 12.4 Å². The maximum atomic E-state index is 13.6. The second-order valence-electron chi connectivity index (χ2n) is 3.33. The smallest absolute Gasteiger partial charge is 0.165 e. The number of ether oxygens (including phenoxy) is 1. The number of aromatic nitrogens is 1. The Bertz CT molecular complexity index is 496. The highest BCUT2D eigenvalue weighted by molar-refractivity contribution is 7.09. The van der Waals surface area contributed by atoms with Crippen LogP contribution in [0.5, 0.6) is 5.75 Å². The largest absolute Gasteiger partial charge is 0.491 e. The standard InChI is InChI=1S/C12H12FNOS/c1-3-15-12-5-4-9(6-10(12)13)11-7-16-8(2)14-11/h4-7H,3H2,1-2H3. The number of hydrogen-bond acceptors (Lipinski definition) is 3. The number of benzene rings is 1. The summed E-state index contributed by atoms with van der Waals surface area (Å²) >= 11 is 1.55. The third-order valence-electron chi connectivity index (χ3n) is 2.15. The number of aryl methyl sites for hydroxylation is 1. The maximum absolute atomic E-state index is 13.6. The highest BCUT2D eigenvalue weighted by Crippen LogP contribution is 2.26. The summed E-state index contributed by atoms with van der Waals surface area (Å²) in [5.74, 6) is -0.0526. The number of thiazole rings is 1. The van der Waals surface area contributed by atoms with Crippen molar-refractivity contribution < 1.29 is 9.13 Å². The van der Waals surface area contributed by atoms with Gasteiger partial charge in [0.2, 0.25) is 0 Å². The molecule has 2 nitrogen and oxygen atoms in total. The molecule has 0 amide bonds. The average molecular weight is 237 g/mol. The van der Waals surface area contributed by atoms with Crippen LogP contribution in [0.25, 0.3) is 11.3 Å². The minimum absolute atomic E-state index is 0.290. The van der Waals surface area contributed by atoms with Crippen LogP contribution in [-0.4, -0.2) is 11.6 Å². The number of halogens is 1. The SMILES string of the molecule is CCOc1ccc(-c2csc(C)n2)cc1F. The third-order valence-corrected chi connectivity index (χ3v) is 2.92. The molecule has 0 aliphatic carbocycles. The summed E-state index contributed by atoms with van der Waals surface area (Å²) in [7, 11) is 0. The van der Waals surface area contributed by atoms with E-state index in [4.69, 9.17) is 4.74 Å². The summed E-state index contributed by atoms with van der Waals surface area (Å²) in [6.45, 7) is 4.22. The summed E-state index contributed by atoms with van der Waals surface area (Å²) in [4.78, 5) is 4.31. The van der Waals surface area contributed by atoms with E-state index in [9.17, 15) is 4.39 Å². The lowest BCUT2D eigenvalue weighted by molar-refractivity contribution is 0.321. The molecule has 0 saturated carbocycles. The quantitative estimate of drug-likeness (QED) is 0.812. The zero-order valence-corrected chi connectivity index (χ0v) is 9.97. The van der Waals surface area contributed by atoms with Crippen molar-refractivity contribution in [3.8, 4) is 17.0 Å². The number of hydrogen-bond donors (Lipinski definition) is 0. The molecule has 2 rings (SSSR count). The Morgan fingerprint density at radius 2 is 2.25 bits per heavy atom. The van der Waals surface area contributed by atoms with E-state index in [0.717, 1.165) is 16.3 Å². The van der Waals surface area contributed by atoms with Crippen LogP contribution in [0.3, 0.4) is 0 Å². The van der Waals surface area contributed by atoms with Crippen LogP contribution in [0, 0.1) is 12.7 Å². The Morgan fingerprint density at radius 1 is 1.44 bits per heavy atom. The van der Waals surface area contributed by atoms with Gasteiger partial charge in [-0.05, 0) is 32.0 Å². The fourth-order valence-electron chi connectivity index (χ4n) is 1.43. The van der Waals surface area contributed by atoms with Gasteiger partial charge in [-0.15, -0.1) is 11.3 Å². The molecule has 0 aliphatic rings. The molecule has 0 N–H and O–H groups in total. The Morgan fingerprint density at radius 3 is 2.81 bits per heavy atom. The summed E-state index contributed by atoms with van der Waals surface area (Å²) in [5, 5.41) is 2.90. The molecule has 0 unspecified atom stereocenters. The zero-order valence-electron chi connectivity index (χ0n) is 9.16. The minimum atomic E-state index is -0.343. The van der Waals surface area contributed by atoms with Gasteiger partial charge in [-0.3, -0.25) is 0 Å². The Labute approximate surface area is 97.7 Å². The monoisotopic (exact) mass is 237 g/mol. The summed E-state index contributed by atoms with van der Waals surface area (Å²) in [5.41, 5.74) is 1.59. The van der Waals surface area contributed by atoms with Gasteiger partial charge in [0.15, 0.2) is 11.6 Å². The van der Waals surface area contributed by atoms with Crippen molar-refractivity contribution in [2.24, 2.45) is 0 Å². The molecule has 0 fully saturated rings. The molecule has 0 saturated heterocycles. The Kier molecular flexibility index (Phi) is 3.19. The van der Waals surface area contributed by atoms with Gasteiger partial charge in [-0.2, -0.15) is 0 Å². The van der Waals surface area contributed by atoms with E-state index in [1.807, 2.05) is 25.3 Å². The van der Waals surface area contributed by atoms with Crippen molar-refractivity contribution in [1.29, 1.82) is 0 Å². The van der Waals surface area contributed by atoms with Gasteiger partial charge in [0, 0.05) is 10.9 Å². The van der Waals surface area contributed by atoms with Crippen LogP contribution in [-0.2, 0) is 0 Å². The molecule has 0 aliphatic heterocycles. The molecule has 0 bridgehead atoms. The first-order valence-electron chi connectivity index (χ1n) is 5.05. The van der Waals surface area contributed by atoms with Crippen molar-refractivity contribution in [2.45, 2.75) is 13.8 Å². The van der Waals surface area contributed by atoms with E-state index in [-0.39, 0.29) is 5.82 Å². The van der Waals surface area contributed by atoms with E-state index in [1.54, 1.807) is 17.4 Å². The van der Waals surface area contributed by atoms with Gasteiger partial charge < -0.3 is 4.74 Å². The molecule has 2 aromatic rings. The molecule has 0 radical (unpaired) electrons. The number of nitrogens with zero attached hydrogens (tertiary/aromatic N) is 1. The van der Waals surface area contributed by atoms with Crippen molar-refractivity contribution >= 4 is 11.3 Å². The maximum Gasteiger partial charge on any atom is 0.165 e. The van der Waals surface area contributed by atoms with Crippen molar-refractivity contribution in [2.75, 3.05) is 6.61 Å². The van der Waals surface area contributed by atoms with E-state index >= 15 is 0 Å². The van der Waals surface area contributed by atoms with Gasteiger partial charge in [0.25, 0.3) is 0 Å². The zero-order chi connectivity index (χ0) is 11.5. The topological polar surface area (TPSA) is 22.1 Å². The molecule has 0 atom stereocenters. The lowest BCUT2D eigenvalue weighted by Crippen LogP contribution is -1.94. The molecule has 0 spiro atoms. The molecular weight excluding hydrogens is 225 g/mol. The average Bonchev–Trinajstić information content (AvgIpc) is 2.68. The van der Waals surface area contributed by atoms with Gasteiger partial charge in [0.1, 0.15) is 0 Å². The van der Waals surface area contributed by atoms with E-state index in [2.05, 4.69) is 4.98 Å². The molecule has 1 aromatic carbocycles. The fraction of sp³-hybridized carbons (Fsp3) is 0.250. The van der Waals surface area contributed by atoms with Gasteiger partial charge in [0.05, 0.1) is 17.3 Å². The third kappa shape index (κ3) is 2.22. The van der Waals surface area contributed by atoms with Crippen molar-refractivity contribution in [1.82, 2.24) is 4.98 Å². The summed E-state index contributed by atoms with van der Waals surface area (Å²) in [6.07, 6.45) is 0. The first kappa shape index (κ1) is 11.1. The molecule has 16 heavy (non-hydrogen) atoms. The predicted octanol–water partition coefficient (Wildman–Crippen LogP) is 3.66. The second-order valence-corrected chi connectivity index (χ2v) is 4.39. The molecule has 4 heteroatoms. The fourth-order valence-corrected chi connectivity index (χ4v) is 2.05. The molecule has 84 valence electrons. The van der Waals surface area contributed by atoms with E-state index < -0.39 is 0 Å². The first-order chi connectivity index (χ1) is 7.70. The molecular formula is C12H12FNOS. The lowest BCUT2D eigenvalue weighted by Gasteiger charge is -2.05. The molecule has 1 heterocycles. The van der Waals surface area contributed by atoms with Crippen LogP contribution in [0.15, 0.2) is 23.6 Å². The summed E-state index contributed by atoms with van der Waals surface area (Å²) in [6, 6.07) is 4.92. The highest BCUT2D eigenvalue weighted by Gasteiger charge is 2.07. The first-order valence-corrected chi connectivity index (χ1v) is 5.93. The van der Waals surface area contributed by atoms with Gasteiger partial charge in [-0.1, -0.05) is 0 Å². The Hall–Kier alpha value is -1.42. The van der Waals surface area contributed by atoms with Crippen molar-refractivity contribution in [3.63, 3.8) is 0 Å². The van der Waals surface area contributed by atoms with E-state index in [1.165, 1.54) is 6.07 Å². The van der Waals surface area contributed by atoms with Crippen LogP contribution in [0.2, 0.25) is 0 Å². The molecule has 1 aromatic heterocycles. The Balaban J connectivity index is 2.34. The number of rotatable bonds is 3. The van der Waals surface area contributed by atoms with Gasteiger partial charge in [-0.25, -0.2) is 9.37 Å². The van der Waals surface area contributed by atoms with Crippen LogP contribution in [0.4, 0.5) is 4.39 Å². The lowest BCUT2D eigenvalue weighted by atomic mass is 10.1. The minimum Gasteiger partial charge on any atom is -0.491 e. The van der Waals surface area contributed by atoms with Crippen LogP contribution < -0.4 is 4.74 Å². The van der Waals surface area contributed by atoms with Crippen LogP contribution in [0.1, 0.15) is 11.9 Å².